The van der Waals surface area contributed by atoms with Gasteiger partial charge in [0, 0.05) is 13.1 Å². The van der Waals surface area contributed by atoms with E-state index in [1.807, 2.05) is 39.0 Å². The van der Waals surface area contributed by atoms with Crippen molar-refractivity contribution in [1.82, 2.24) is 4.90 Å². The second-order valence-electron chi connectivity index (χ2n) is 5.91. The van der Waals surface area contributed by atoms with E-state index in [1.165, 1.54) is 5.56 Å². The summed E-state index contributed by atoms with van der Waals surface area (Å²) in [5.41, 5.74) is 1.73. The van der Waals surface area contributed by atoms with Crippen molar-refractivity contribution in [3.8, 4) is 5.75 Å². The molecule has 0 spiro atoms. The molecule has 2 rings (SSSR count). The summed E-state index contributed by atoms with van der Waals surface area (Å²) < 4.78 is 5.56. The number of carbonyl (C=O) groups is 1. The van der Waals surface area contributed by atoms with Crippen LogP contribution in [0.4, 0.5) is 0 Å². The SMILES string of the molecule is Cc1ccc(OCC(=O)N2CCC(C)(O)CC2)cc1C. The standard InChI is InChI=1S/C16H23NO3/c1-12-4-5-14(10-13(12)2)20-11-15(18)17-8-6-16(3,19)7-9-17/h4-5,10,19H,6-9,11H2,1-3H3. The van der Waals surface area contributed by atoms with Gasteiger partial charge in [-0.15, -0.1) is 0 Å². The van der Waals surface area contributed by atoms with Gasteiger partial charge in [-0.1, -0.05) is 6.07 Å². The molecule has 1 aliphatic rings. The first-order chi connectivity index (χ1) is 9.37. The number of rotatable bonds is 3. The molecule has 1 heterocycles. The van der Waals surface area contributed by atoms with Gasteiger partial charge in [0.15, 0.2) is 6.61 Å². The van der Waals surface area contributed by atoms with Crippen LogP contribution in [0.2, 0.25) is 0 Å². The fraction of sp³-hybridized carbons (Fsp3) is 0.562. The number of aliphatic hydroxyl groups is 1. The zero-order valence-corrected chi connectivity index (χ0v) is 12.5. The van der Waals surface area contributed by atoms with Crippen molar-refractivity contribution in [1.29, 1.82) is 0 Å². The molecule has 110 valence electrons. The number of nitrogens with zero attached hydrogens (tertiary/aromatic N) is 1. The van der Waals surface area contributed by atoms with Crippen LogP contribution in [0.15, 0.2) is 18.2 Å². The Labute approximate surface area is 120 Å². The molecule has 1 aromatic rings. The monoisotopic (exact) mass is 277 g/mol. The number of benzene rings is 1. The number of amides is 1. The van der Waals surface area contributed by atoms with Crippen LogP contribution >= 0.6 is 0 Å². The maximum atomic E-state index is 12.1. The first-order valence-electron chi connectivity index (χ1n) is 7.08. The highest BCUT2D eigenvalue weighted by atomic mass is 16.5. The van der Waals surface area contributed by atoms with E-state index in [4.69, 9.17) is 4.74 Å². The Morgan fingerprint density at radius 3 is 2.55 bits per heavy atom. The fourth-order valence-electron chi connectivity index (χ4n) is 2.28. The molecule has 1 aromatic carbocycles. The van der Waals surface area contributed by atoms with Crippen molar-refractivity contribution < 1.29 is 14.6 Å². The zero-order valence-electron chi connectivity index (χ0n) is 12.5. The van der Waals surface area contributed by atoms with Gasteiger partial charge in [-0.05, 0) is 56.9 Å². The molecule has 4 heteroatoms. The minimum absolute atomic E-state index is 0.0151. The number of likely N-dealkylation sites (tertiary alicyclic amines) is 1. The minimum Gasteiger partial charge on any atom is -0.484 e. The van der Waals surface area contributed by atoms with Gasteiger partial charge in [0.05, 0.1) is 5.60 Å². The highest BCUT2D eigenvalue weighted by molar-refractivity contribution is 5.77. The molecule has 1 N–H and O–H groups in total. The molecule has 1 saturated heterocycles. The van der Waals surface area contributed by atoms with Crippen molar-refractivity contribution in [2.75, 3.05) is 19.7 Å². The van der Waals surface area contributed by atoms with E-state index >= 15 is 0 Å². The number of carbonyl (C=O) groups excluding carboxylic acids is 1. The van der Waals surface area contributed by atoms with Crippen LogP contribution in [0.1, 0.15) is 30.9 Å². The summed E-state index contributed by atoms with van der Waals surface area (Å²) in [6.45, 7) is 7.15. The Hall–Kier alpha value is -1.55. The summed E-state index contributed by atoms with van der Waals surface area (Å²) in [5, 5.41) is 9.87. The molecule has 20 heavy (non-hydrogen) atoms. The van der Waals surface area contributed by atoms with Crippen molar-refractivity contribution in [3.05, 3.63) is 29.3 Å². The van der Waals surface area contributed by atoms with E-state index < -0.39 is 5.60 Å². The summed E-state index contributed by atoms with van der Waals surface area (Å²) >= 11 is 0. The maximum Gasteiger partial charge on any atom is 0.260 e. The van der Waals surface area contributed by atoms with Gasteiger partial charge < -0.3 is 14.7 Å². The van der Waals surface area contributed by atoms with Crippen LogP contribution in [-0.2, 0) is 4.79 Å². The fourth-order valence-corrected chi connectivity index (χ4v) is 2.28. The third kappa shape index (κ3) is 3.73. The average molecular weight is 277 g/mol. The normalized spacial score (nSPS) is 17.9. The van der Waals surface area contributed by atoms with Crippen LogP contribution < -0.4 is 4.74 Å². The molecule has 4 nitrogen and oxygen atoms in total. The van der Waals surface area contributed by atoms with Gasteiger partial charge in [0.1, 0.15) is 5.75 Å². The smallest absolute Gasteiger partial charge is 0.260 e. The van der Waals surface area contributed by atoms with Gasteiger partial charge in [-0.3, -0.25) is 4.79 Å². The molecule has 0 radical (unpaired) electrons. The van der Waals surface area contributed by atoms with E-state index in [9.17, 15) is 9.90 Å². The Bertz CT molecular complexity index is 486. The highest BCUT2D eigenvalue weighted by Crippen LogP contribution is 2.21. The lowest BCUT2D eigenvalue weighted by molar-refractivity contribution is -0.137. The third-order valence-corrected chi connectivity index (χ3v) is 4.03. The number of piperidine rings is 1. The Morgan fingerprint density at radius 2 is 1.95 bits per heavy atom. The second-order valence-corrected chi connectivity index (χ2v) is 5.91. The molecule has 0 aliphatic carbocycles. The number of ether oxygens (including phenoxy) is 1. The molecule has 0 bridgehead atoms. The predicted molar refractivity (Wildman–Crippen MR) is 77.8 cm³/mol. The Balaban J connectivity index is 1.85. The molecule has 0 atom stereocenters. The number of aryl methyl sites for hydroxylation is 2. The van der Waals surface area contributed by atoms with Gasteiger partial charge in [-0.25, -0.2) is 0 Å². The molecule has 1 aliphatic heterocycles. The molecule has 0 unspecified atom stereocenters. The van der Waals surface area contributed by atoms with E-state index in [1.54, 1.807) is 4.90 Å². The van der Waals surface area contributed by atoms with Gasteiger partial charge in [0.25, 0.3) is 5.91 Å². The topological polar surface area (TPSA) is 49.8 Å². The van der Waals surface area contributed by atoms with E-state index in [0.717, 1.165) is 11.3 Å². The summed E-state index contributed by atoms with van der Waals surface area (Å²) in [6.07, 6.45) is 1.25. The van der Waals surface area contributed by atoms with Gasteiger partial charge in [-0.2, -0.15) is 0 Å². The van der Waals surface area contributed by atoms with E-state index in [0.29, 0.717) is 25.9 Å². The third-order valence-electron chi connectivity index (χ3n) is 4.03. The summed E-state index contributed by atoms with van der Waals surface area (Å²) in [6, 6.07) is 5.83. The maximum absolute atomic E-state index is 12.1. The quantitative estimate of drug-likeness (QED) is 0.920. The molecule has 0 aromatic heterocycles. The lowest BCUT2D eigenvalue weighted by Gasteiger charge is -2.35. The second kappa shape index (κ2) is 5.83. The zero-order chi connectivity index (χ0) is 14.8. The summed E-state index contributed by atoms with van der Waals surface area (Å²) in [7, 11) is 0. The molecule has 1 amide bonds. The van der Waals surface area contributed by atoms with E-state index in [-0.39, 0.29) is 12.5 Å². The number of hydrogen-bond acceptors (Lipinski definition) is 3. The minimum atomic E-state index is -0.633. The largest absolute Gasteiger partial charge is 0.484 e. The van der Waals surface area contributed by atoms with Crippen molar-refractivity contribution >= 4 is 5.91 Å². The van der Waals surface area contributed by atoms with Crippen LogP contribution in [0.25, 0.3) is 0 Å². The average Bonchev–Trinajstić information content (AvgIpc) is 2.40. The van der Waals surface area contributed by atoms with Crippen LogP contribution in [-0.4, -0.2) is 41.2 Å². The van der Waals surface area contributed by atoms with Crippen molar-refractivity contribution in [3.63, 3.8) is 0 Å². The van der Waals surface area contributed by atoms with Gasteiger partial charge in [0.2, 0.25) is 0 Å². The first-order valence-corrected chi connectivity index (χ1v) is 7.08. The van der Waals surface area contributed by atoms with Gasteiger partial charge >= 0.3 is 0 Å². The van der Waals surface area contributed by atoms with Crippen molar-refractivity contribution in [2.45, 2.75) is 39.2 Å². The Kier molecular flexibility index (Phi) is 4.33. The molecule has 0 saturated carbocycles. The summed E-state index contributed by atoms with van der Waals surface area (Å²) in [4.78, 5) is 13.8. The molecule has 1 fully saturated rings. The number of hydrogen-bond donors (Lipinski definition) is 1. The first kappa shape index (κ1) is 14.9. The van der Waals surface area contributed by atoms with Crippen LogP contribution in [0, 0.1) is 13.8 Å². The predicted octanol–water partition coefficient (Wildman–Crippen LogP) is 2.06. The van der Waals surface area contributed by atoms with Crippen molar-refractivity contribution in [2.24, 2.45) is 0 Å². The lowest BCUT2D eigenvalue weighted by atomic mass is 9.94. The van der Waals surface area contributed by atoms with Crippen LogP contribution in [0.3, 0.4) is 0 Å². The molecular formula is C16H23NO3. The molecular weight excluding hydrogens is 254 g/mol. The lowest BCUT2D eigenvalue weighted by Crippen LogP contribution is -2.46. The van der Waals surface area contributed by atoms with E-state index in [2.05, 4.69) is 0 Å². The summed E-state index contributed by atoms with van der Waals surface area (Å²) in [5.74, 6) is 0.712. The van der Waals surface area contributed by atoms with Crippen LogP contribution in [0.5, 0.6) is 5.75 Å². The Morgan fingerprint density at radius 1 is 1.30 bits per heavy atom. The highest BCUT2D eigenvalue weighted by Gasteiger charge is 2.29.